The summed E-state index contributed by atoms with van der Waals surface area (Å²) in [6.07, 6.45) is 0. The van der Waals surface area contributed by atoms with Gasteiger partial charge in [-0.3, -0.25) is 4.79 Å². The fraction of sp³-hybridized carbons (Fsp3) is 0.300. The quantitative estimate of drug-likeness (QED) is 0.708. The van der Waals surface area contributed by atoms with Gasteiger partial charge in [0.05, 0.1) is 6.04 Å². The van der Waals surface area contributed by atoms with Crippen LogP contribution in [0, 0.1) is 0 Å². The van der Waals surface area contributed by atoms with Crippen LogP contribution in [-0.4, -0.2) is 23.9 Å². The van der Waals surface area contributed by atoms with E-state index in [2.05, 4.69) is 0 Å². The summed E-state index contributed by atoms with van der Waals surface area (Å²) in [4.78, 5) is 12.8. The van der Waals surface area contributed by atoms with E-state index in [9.17, 15) is 4.79 Å². The highest BCUT2D eigenvalue weighted by atomic mass is 35.5. The van der Waals surface area contributed by atoms with Crippen LogP contribution in [0.15, 0.2) is 24.3 Å². The third-order valence-corrected chi connectivity index (χ3v) is 2.82. The highest BCUT2D eigenvalue weighted by Crippen LogP contribution is 2.32. The molecule has 0 unspecified atom stereocenters. The van der Waals surface area contributed by atoms with Crippen molar-refractivity contribution >= 4 is 17.5 Å². The van der Waals surface area contributed by atoms with Gasteiger partial charge in [0.1, 0.15) is 6.04 Å². The van der Waals surface area contributed by atoms with E-state index in [1.165, 1.54) is 0 Å². The Hall–Kier alpha value is -1.06. The van der Waals surface area contributed by atoms with Crippen molar-refractivity contribution in [3.63, 3.8) is 0 Å². The van der Waals surface area contributed by atoms with Gasteiger partial charge in [-0.2, -0.15) is 0 Å². The van der Waals surface area contributed by atoms with Crippen LogP contribution in [0.1, 0.15) is 11.6 Å². The van der Waals surface area contributed by atoms with E-state index in [4.69, 9.17) is 17.3 Å². The first-order valence-corrected chi connectivity index (χ1v) is 4.77. The van der Waals surface area contributed by atoms with Crippen molar-refractivity contribution in [2.24, 2.45) is 5.73 Å². The zero-order valence-corrected chi connectivity index (χ0v) is 8.53. The molecule has 14 heavy (non-hydrogen) atoms. The molecule has 2 atom stereocenters. The second-order valence-electron chi connectivity index (χ2n) is 3.47. The fourth-order valence-corrected chi connectivity index (χ4v) is 1.99. The number of likely N-dealkylation sites (tertiary alicyclic amines) is 1. The number of carbonyl (C=O) groups is 1. The molecule has 4 heteroatoms. The SMILES string of the molecule is CN1C(=O)[C@H](N)[C@@H]1c1cccc(Cl)c1. The topological polar surface area (TPSA) is 46.3 Å². The maximum Gasteiger partial charge on any atom is 0.242 e. The molecule has 0 saturated carbocycles. The maximum atomic E-state index is 11.2. The number of rotatable bonds is 1. The molecule has 1 amide bonds. The second kappa shape index (κ2) is 3.26. The van der Waals surface area contributed by atoms with Crippen molar-refractivity contribution in [2.45, 2.75) is 12.1 Å². The average molecular weight is 211 g/mol. The lowest BCUT2D eigenvalue weighted by molar-refractivity contribution is -0.147. The predicted molar refractivity (Wildman–Crippen MR) is 54.9 cm³/mol. The smallest absolute Gasteiger partial charge is 0.242 e. The summed E-state index contributed by atoms with van der Waals surface area (Å²) in [7, 11) is 1.75. The van der Waals surface area contributed by atoms with Crippen LogP contribution >= 0.6 is 11.6 Å². The van der Waals surface area contributed by atoms with Crippen LogP contribution < -0.4 is 5.73 Å². The number of amides is 1. The fourth-order valence-electron chi connectivity index (χ4n) is 1.79. The van der Waals surface area contributed by atoms with Crippen molar-refractivity contribution in [2.75, 3.05) is 7.05 Å². The van der Waals surface area contributed by atoms with Gasteiger partial charge in [-0.05, 0) is 17.7 Å². The normalized spacial score (nSPS) is 26.2. The van der Waals surface area contributed by atoms with Crippen LogP contribution in [-0.2, 0) is 4.79 Å². The minimum absolute atomic E-state index is 0.0185. The molecule has 1 aliphatic heterocycles. The molecule has 0 aliphatic carbocycles. The Morgan fingerprint density at radius 1 is 1.50 bits per heavy atom. The Bertz CT molecular complexity index is 368. The molecule has 3 nitrogen and oxygen atoms in total. The first-order valence-electron chi connectivity index (χ1n) is 4.39. The summed E-state index contributed by atoms with van der Waals surface area (Å²) >= 11 is 5.86. The van der Waals surface area contributed by atoms with Gasteiger partial charge in [0.15, 0.2) is 0 Å². The summed E-state index contributed by atoms with van der Waals surface area (Å²) in [5.74, 6) is -0.0185. The van der Waals surface area contributed by atoms with Gasteiger partial charge in [-0.1, -0.05) is 23.7 Å². The van der Waals surface area contributed by atoms with Crippen LogP contribution in [0.5, 0.6) is 0 Å². The van der Waals surface area contributed by atoms with Crippen LogP contribution in [0.3, 0.4) is 0 Å². The van der Waals surface area contributed by atoms with E-state index >= 15 is 0 Å². The summed E-state index contributed by atoms with van der Waals surface area (Å²) in [5.41, 5.74) is 6.70. The van der Waals surface area contributed by atoms with Gasteiger partial charge in [-0.15, -0.1) is 0 Å². The van der Waals surface area contributed by atoms with Crippen LogP contribution in [0.25, 0.3) is 0 Å². The molecule has 0 aromatic heterocycles. The molecule has 74 valence electrons. The first kappa shape index (κ1) is 9.49. The largest absolute Gasteiger partial charge is 0.335 e. The van der Waals surface area contributed by atoms with Crippen LogP contribution in [0.4, 0.5) is 0 Å². The van der Waals surface area contributed by atoms with E-state index < -0.39 is 6.04 Å². The minimum Gasteiger partial charge on any atom is -0.335 e. The number of halogens is 1. The molecule has 1 saturated heterocycles. The summed E-state index contributed by atoms with van der Waals surface area (Å²) in [6, 6.07) is 6.99. The lowest BCUT2D eigenvalue weighted by atomic mass is 9.90. The van der Waals surface area contributed by atoms with Gasteiger partial charge >= 0.3 is 0 Å². The molecule has 1 aromatic rings. The highest BCUT2D eigenvalue weighted by molar-refractivity contribution is 6.30. The monoisotopic (exact) mass is 210 g/mol. The third kappa shape index (κ3) is 1.29. The predicted octanol–water partition coefficient (Wildman–Crippen LogP) is 1.18. The zero-order chi connectivity index (χ0) is 10.3. The molecule has 1 heterocycles. The number of hydrogen-bond acceptors (Lipinski definition) is 2. The summed E-state index contributed by atoms with van der Waals surface area (Å²) in [6.45, 7) is 0. The van der Waals surface area contributed by atoms with Crippen LogP contribution in [0.2, 0.25) is 5.02 Å². The molecular weight excluding hydrogens is 200 g/mol. The molecule has 1 aliphatic rings. The number of benzene rings is 1. The number of nitrogens with zero attached hydrogens (tertiary/aromatic N) is 1. The Morgan fingerprint density at radius 3 is 2.79 bits per heavy atom. The van der Waals surface area contributed by atoms with Crippen molar-refractivity contribution in [3.05, 3.63) is 34.9 Å². The van der Waals surface area contributed by atoms with E-state index in [1.807, 2.05) is 18.2 Å². The standard InChI is InChI=1S/C10H11ClN2O/c1-13-9(8(12)10(13)14)6-3-2-4-7(11)5-6/h2-5,8-9H,12H2,1H3/t8-,9+/m1/s1. The number of likely N-dealkylation sites (N-methyl/N-ethyl adjacent to an activating group) is 1. The Morgan fingerprint density at radius 2 is 2.21 bits per heavy atom. The summed E-state index contributed by atoms with van der Waals surface area (Å²) < 4.78 is 0. The lowest BCUT2D eigenvalue weighted by Gasteiger charge is -2.43. The third-order valence-electron chi connectivity index (χ3n) is 2.58. The number of nitrogens with two attached hydrogens (primary N) is 1. The first-order chi connectivity index (χ1) is 6.61. The summed E-state index contributed by atoms with van der Waals surface area (Å²) in [5, 5.41) is 0.669. The molecule has 1 fully saturated rings. The van der Waals surface area contributed by atoms with Gasteiger partial charge in [0.2, 0.25) is 5.91 Å². The molecular formula is C10H11ClN2O. The van der Waals surface area contributed by atoms with E-state index in [0.29, 0.717) is 5.02 Å². The molecule has 2 rings (SSSR count). The van der Waals surface area contributed by atoms with Crippen molar-refractivity contribution in [3.8, 4) is 0 Å². The lowest BCUT2D eigenvalue weighted by Crippen LogP contribution is -2.61. The van der Waals surface area contributed by atoms with Crippen molar-refractivity contribution in [1.82, 2.24) is 4.90 Å². The highest BCUT2D eigenvalue weighted by Gasteiger charge is 2.43. The Labute approximate surface area is 87.4 Å². The molecule has 0 bridgehead atoms. The van der Waals surface area contributed by atoms with Crippen molar-refractivity contribution in [1.29, 1.82) is 0 Å². The molecule has 2 N–H and O–H groups in total. The van der Waals surface area contributed by atoms with Gasteiger partial charge in [0.25, 0.3) is 0 Å². The zero-order valence-electron chi connectivity index (χ0n) is 7.77. The van der Waals surface area contributed by atoms with Crippen molar-refractivity contribution < 1.29 is 4.79 Å². The maximum absolute atomic E-state index is 11.2. The average Bonchev–Trinajstić information content (AvgIpc) is 2.18. The molecule has 0 spiro atoms. The van der Waals surface area contributed by atoms with E-state index in [0.717, 1.165) is 5.56 Å². The molecule has 0 radical (unpaired) electrons. The number of β-lactam (4-membered cyclic amide) rings is 1. The Kier molecular flexibility index (Phi) is 2.21. The minimum atomic E-state index is -0.418. The molecule has 1 aromatic carbocycles. The van der Waals surface area contributed by atoms with E-state index in [1.54, 1.807) is 18.0 Å². The second-order valence-corrected chi connectivity index (χ2v) is 3.91. The number of hydrogen-bond donors (Lipinski definition) is 1. The van der Waals surface area contributed by atoms with E-state index in [-0.39, 0.29) is 11.9 Å². The Balaban J connectivity index is 2.28. The number of carbonyl (C=O) groups excluding carboxylic acids is 1. The van der Waals surface area contributed by atoms with Gasteiger partial charge < -0.3 is 10.6 Å². The van der Waals surface area contributed by atoms with Gasteiger partial charge in [0, 0.05) is 12.1 Å². The van der Waals surface area contributed by atoms with Gasteiger partial charge in [-0.25, -0.2) is 0 Å².